The van der Waals surface area contributed by atoms with Gasteiger partial charge in [0.15, 0.2) is 0 Å². The molecule has 0 N–H and O–H groups in total. The van der Waals surface area contributed by atoms with Gasteiger partial charge in [-0.15, -0.1) is 0 Å². The van der Waals surface area contributed by atoms with Gasteiger partial charge in [0.25, 0.3) is 5.69 Å². The number of hydrogen-bond acceptors (Lipinski definition) is 5. The molecular formula is C13H13N3O3. The summed E-state index contributed by atoms with van der Waals surface area (Å²) in [4.78, 5) is 23.0. The molecule has 1 aromatic carbocycles. The number of nitrogens with zero attached hydrogens (tertiary/aromatic N) is 3. The molecule has 1 aliphatic heterocycles. The van der Waals surface area contributed by atoms with E-state index in [4.69, 9.17) is 5.26 Å². The first-order valence-corrected chi connectivity index (χ1v) is 6.04. The molecule has 98 valence electrons. The summed E-state index contributed by atoms with van der Waals surface area (Å²) in [5.74, 6) is -0.0320. The molecule has 6 heteroatoms. The average Bonchev–Trinajstić information content (AvgIpc) is 2.46. The summed E-state index contributed by atoms with van der Waals surface area (Å²) in [5.41, 5.74) is 0.852. The molecule has 0 aliphatic carbocycles. The van der Waals surface area contributed by atoms with Crippen LogP contribution in [0.3, 0.4) is 0 Å². The van der Waals surface area contributed by atoms with Crippen molar-refractivity contribution in [3.05, 3.63) is 33.9 Å². The minimum absolute atomic E-state index is 0.0320. The average molecular weight is 259 g/mol. The van der Waals surface area contributed by atoms with E-state index in [0.29, 0.717) is 12.2 Å². The Bertz CT molecular complexity index is 551. The monoisotopic (exact) mass is 259 g/mol. The van der Waals surface area contributed by atoms with Crippen LogP contribution >= 0.6 is 0 Å². The SMILES string of the molecule is N#Cc1cc([N+](=O)[O-])ccc1N1CCCC(C=O)C1. The van der Waals surface area contributed by atoms with Gasteiger partial charge >= 0.3 is 0 Å². The number of nitro groups is 1. The van der Waals surface area contributed by atoms with Crippen LogP contribution in [0.2, 0.25) is 0 Å². The summed E-state index contributed by atoms with van der Waals surface area (Å²) in [6, 6.07) is 6.24. The van der Waals surface area contributed by atoms with Crippen LogP contribution in [-0.4, -0.2) is 24.3 Å². The van der Waals surface area contributed by atoms with E-state index in [9.17, 15) is 14.9 Å². The van der Waals surface area contributed by atoms with Crippen molar-refractivity contribution >= 4 is 17.7 Å². The van der Waals surface area contributed by atoms with Crippen LogP contribution in [0.5, 0.6) is 0 Å². The number of hydrogen-bond donors (Lipinski definition) is 0. The van der Waals surface area contributed by atoms with Gasteiger partial charge in [0.05, 0.1) is 16.2 Å². The number of non-ortho nitro benzene ring substituents is 1. The van der Waals surface area contributed by atoms with Gasteiger partial charge in [-0.25, -0.2) is 0 Å². The molecule has 6 nitrogen and oxygen atoms in total. The maximum Gasteiger partial charge on any atom is 0.270 e. The normalized spacial score (nSPS) is 18.7. The first-order chi connectivity index (χ1) is 9.15. The molecule has 0 amide bonds. The highest BCUT2D eigenvalue weighted by atomic mass is 16.6. The summed E-state index contributed by atoms with van der Waals surface area (Å²) in [5, 5.41) is 19.8. The second-order valence-electron chi connectivity index (χ2n) is 4.55. The predicted molar refractivity (Wildman–Crippen MR) is 68.8 cm³/mol. The molecule has 1 saturated heterocycles. The van der Waals surface area contributed by atoms with Crippen LogP contribution in [-0.2, 0) is 4.79 Å². The first kappa shape index (κ1) is 13.0. The van der Waals surface area contributed by atoms with Crippen molar-refractivity contribution in [1.82, 2.24) is 0 Å². The fourth-order valence-corrected chi connectivity index (χ4v) is 2.34. The van der Waals surface area contributed by atoms with Crippen LogP contribution in [0, 0.1) is 27.4 Å². The van der Waals surface area contributed by atoms with E-state index in [1.165, 1.54) is 12.1 Å². The van der Waals surface area contributed by atoms with Crippen molar-refractivity contribution in [3.8, 4) is 6.07 Å². The largest absolute Gasteiger partial charge is 0.370 e. The predicted octanol–water partition coefficient (Wildman–Crippen LogP) is 1.88. The second-order valence-corrected chi connectivity index (χ2v) is 4.55. The maximum absolute atomic E-state index is 10.9. The third kappa shape index (κ3) is 2.71. The second kappa shape index (κ2) is 5.48. The van der Waals surface area contributed by atoms with Crippen molar-refractivity contribution in [3.63, 3.8) is 0 Å². The number of benzene rings is 1. The summed E-state index contributed by atoms with van der Waals surface area (Å²) >= 11 is 0. The molecule has 0 bridgehead atoms. The zero-order chi connectivity index (χ0) is 13.8. The van der Waals surface area contributed by atoms with Gasteiger partial charge in [-0.2, -0.15) is 5.26 Å². The number of carbonyl (C=O) groups excluding carboxylic acids is 1. The fraction of sp³-hybridized carbons (Fsp3) is 0.385. The zero-order valence-electron chi connectivity index (χ0n) is 10.3. The molecule has 0 aromatic heterocycles. The summed E-state index contributed by atoms with van der Waals surface area (Å²) < 4.78 is 0. The Hall–Kier alpha value is -2.42. The van der Waals surface area contributed by atoms with E-state index in [1.54, 1.807) is 6.07 Å². The van der Waals surface area contributed by atoms with E-state index in [0.717, 1.165) is 25.7 Å². The van der Waals surface area contributed by atoms with Gasteiger partial charge in [-0.3, -0.25) is 10.1 Å². The lowest BCUT2D eigenvalue weighted by atomic mass is 9.98. The van der Waals surface area contributed by atoms with Crippen LogP contribution in [0.15, 0.2) is 18.2 Å². The topological polar surface area (TPSA) is 87.2 Å². The third-order valence-electron chi connectivity index (χ3n) is 3.30. The summed E-state index contributed by atoms with van der Waals surface area (Å²) in [6.07, 6.45) is 2.67. The number of nitro benzene ring substituents is 1. The van der Waals surface area contributed by atoms with Gasteiger partial charge in [0.2, 0.25) is 0 Å². The molecule has 1 aromatic rings. The van der Waals surface area contributed by atoms with Crippen molar-refractivity contribution in [2.75, 3.05) is 18.0 Å². The number of aldehydes is 1. The van der Waals surface area contributed by atoms with Crippen LogP contribution in [0.4, 0.5) is 11.4 Å². The number of nitriles is 1. The van der Waals surface area contributed by atoms with E-state index in [1.807, 2.05) is 11.0 Å². The van der Waals surface area contributed by atoms with E-state index in [-0.39, 0.29) is 17.2 Å². The molecule has 2 rings (SSSR count). The molecule has 0 saturated carbocycles. The molecule has 1 aliphatic rings. The van der Waals surface area contributed by atoms with Crippen molar-refractivity contribution in [2.24, 2.45) is 5.92 Å². The Labute approximate surface area is 110 Å². The van der Waals surface area contributed by atoms with E-state index >= 15 is 0 Å². The number of anilines is 1. The minimum atomic E-state index is -0.519. The minimum Gasteiger partial charge on any atom is -0.370 e. The van der Waals surface area contributed by atoms with Gasteiger partial charge in [-0.1, -0.05) is 0 Å². The fourth-order valence-electron chi connectivity index (χ4n) is 2.34. The Morgan fingerprint density at radius 1 is 1.53 bits per heavy atom. The van der Waals surface area contributed by atoms with Crippen LogP contribution < -0.4 is 4.90 Å². The summed E-state index contributed by atoms with van der Waals surface area (Å²) in [6.45, 7) is 1.33. The molecule has 0 spiro atoms. The van der Waals surface area contributed by atoms with E-state index in [2.05, 4.69) is 0 Å². The Kier molecular flexibility index (Phi) is 3.76. The number of rotatable bonds is 3. The van der Waals surface area contributed by atoms with Crippen molar-refractivity contribution < 1.29 is 9.72 Å². The molecule has 1 atom stereocenters. The van der Waals surface area contributed by atoms with Gasteiger partial charge < -0.3 is 9.69 Å². The van der Waals surface area contributed by atoms with Gasteiger partial charge in [-0.05, 0) is 18.9 Å². The lowest BCUT2D eigenvalue weighted by molar-refractivity contribution is -0.384. The van der Waals surface area contributed by atoms with Crippen LogP contribution in [0.25, 0.3) is 0 Å². The smallest absolute Gasteiger partial charge is 0.270 e. The van der Waals surface area contributed by atoms with Crippen LogP contribution in [0.1, 0.15) is 18.4 Å². The molecule has 1 heterocycles. The quantitative estimate of drug-likeness (QED) is 0.470. The number of piperidine rings is 1. The maximum atomic E-state index is 10.9. The highest BCUT2D eigenvalue weighted by molar-refractivity contribution is 5.64. The van der Waals surface area contributed by atoms with Gasteiger partial charge in [0.1, 0.15) is 12.4 Å². The highest BCUT2D eigenvalue weighted by Crippen LogP contribution is 2.28. The Morgan fingerprint density at radius 3 is 2.95 bits per heavy atom. The Balaban J connectivity index is 2.31. The highest BCUT2D eigenvalue weighted by Gasteiger charge is 2.22. The molecule has 19 heavy (non-hydrogen) atoms. The molecule has 1 fully saturated rings. The Morgan fingerprint density at radius 2 is 2.32 bits per heavy atom. The zero-order valence-corrected chi connectivity index (χ0v) is 10.3. The molecule has 0 radical (unpaired) electrons. The first-order valence-electron chi connectivity index (χ1n) is 6.04. The van der Waals surface area contributed by atoms with Crippen molar-refractivity contribution in [2.45, 2.75) is 12.8 Å². The summed E-state index contributed by atoms with van der Waals surface area (Å²) in [7, 11) is 0. The van der Waals surface area contributed by atoms with Gasteiger partial charge in [0, 0.05) is 31.1 Å². The standard InChI is InChI=1S/C13H13N3O3/c14-7-11-6-12(16(18)19)3-4-13(11)15-5-1-2-10(8-15)9-17/h3-4,6,9-10H,1-2,5,8H2. The lowest BCUT2D eigenvalue weighted by Gasteiger charge is -2.32. The molecule has 1 unspecified atom stereocenters. The van der Waals surface area contributed by atoms with Crippen molar-refractivity contribution in [1.29, 1.82) is 5.26 Å². The van der Waals surface area contributed by atoms with E-state index < -0.39 is 4.92 Å². The third-order valence-corrected chi connectivity index (χ3v) is 3.30. The number of carbonyl (C=O) groups is 1. The molecular weight excluding hydrogens is 246 g/mol. The lowest BCUT2D eigenvalue weighted by Crippen LogP contribution is -2.36.